The van der Waals surface area contributed by atoms with Gasteiger partial charge in [0.2, 0.25) is 0 Å². The van der Waals surface area contributed by atoms with E-state index < -0.39 is 0 Å². The van der Waals surface area contributed by atoms with Crippen molar-refractivity contribution in [2.45, 2.75) is 32.8 Å². The molecule has 0 aliphatic rings. The molecule has 0 bridgehead atoms. The van der Waals surface area contributed by atoms with Crippen LogP contribution in [-0.4, -0.2) is 38.8 Å². The smallest absolute Gasteiger partial charge is 0.191 e. The fourth-order valence-electron chi connectivity index (χ4n) is 1.80. The summed E-state index contributed by atoms with van der Waals surface area (Å²) in [4.78, 5) is 4.22. The Kier molecular flexibility index (Phi) is 6.52. The van der Waals surface area contributed by atoms with Gasteiger partial charge in [0, 0.05) is 27.2 Å². The van der Waals surface area contributed by atoms with Crippen molar-refractivity contribution in [3.8, 4) is 0 Å². The zero-order chi connectivity index (χ0) is 15.0. The normalized spacial score (nSPS) is 12.3. The molecule has 20 heavy (non-hydrogen) atoms. The number of aryl methyl sites for hydroxylation is 1. The Morgan fingerprint density at radius 3 is 2.55 bits per heavy atom. The van der Waals surface area contributed by atoms with E-state index >= 15 is 0 Å². The Morgan fingerprint density at radius 2 is 1.95 bits per heavy atom. The molecule has 1 rings (SSSR count). The summed E-state index contributed by atoms with van der Waals surface area (Å²) in [6.07, 6.45) is 0.987. The Hall–Kier alpha value is -1.55. The molecule has 0 aliphatic heterocycles. The number of benzene rings is 1. The lowest BCUT2D eigenvalue weighted by Crippen LogP contribution is -2.45. The topological polar surface area (TPSA) is 45.7 Å². The van der Waals surface area contributed by atoms with Crippen molar-refractivity contribution in [1.29, 1.82) is 0 Å². The quantitative estimate of drug-likeness (QED) is 0.618. The largest absolute Gasteiger partial charge is 0.377 e. The van der Waals surface area contributed by atoms with Crippen molar-refractivity contribution in [2.75, 3.05) is 27.2 Å². The van der Waals surface area contributed by atoms with Crippen LogP contribution in [0.4, 0.5) is 0 Å². The third-order valence-corrected chi connectivity index (χ3v) is 3.41. The van der Waals surface area contributed by atoms with Crippen molar-refractivity contribution in [3.05, 3.63) is 35.4 Å². The molecule has 4 heteroatoms. The summed E-state index contributed by atoms with van der Waals surface area (Å²) >= 11 is 0. The predicted octanol–water partition coefficient (Wildman–Crippen LogP) is 2.13. The van der Waals surface area contributed by atoms with Gasteiger partial charge in [-0.2, -0.15) is 0 Å². The number of hydrogen-bond donors (Lipinski definition) is 2. The summed E-state index contributed by atoms with van der Waals surface area (Å²) in [5.41, 5.74) is 2.50. The zero-order valence-corrected chi connectivity index (χ0v) is 13.3. The maximum absolute atomic E-state index is 5.38. The minimum Gasteiger partial charge on any atom is -0.377 e. The number of rotatable bonds is 6. The van der Waals surface area contributed by atoms with E-state index in [9.17, 15) is 0 Å². The molecule has 0 unspecified atom stereocenters. The van der Waals surface area contributed by atoms with Crippen molar-refractivity contribution in [2.24, 2.45) is 4.99 Å². The van der Waals surface area contributed by atoms with E-state index in [1.54, 1.807) is 14.2 Å². The minimum absolute atomic E-state index is 0.201. The van der Waals surface area contributed by atoms with Gasteiger partial charge in [-0.1, -0.05) is 24.3 Å². The van der Waals surface area contributed by atoms with Crippen LogP contribution >= 0.6 is 0 Å². The standard InChI is InChI=1S/C16H27N3O/c1-13-8-6-7-9-14(13)10-11-18-15(17-4)19-12-16(2,3)20-5/h6-9H,10-12H2,1-5H3,(H2,17,18,19). The maximum Gasteiger partial charge on any atom is 0.191 e. The van der Waals surface area contributed by atoms with Crippen molar-refractivity contribution >= 4 is 5.96 Å². The van der Waals surface area contributed by atoms with Gasteiger partial charge in [-0.3, -0.25) is 4.99 Å². The summed E-state index contributed by atoms with van der Waals surface area (Å²) in [6, 6.07) is 8.46. The number of hydrogen-bond acceptors (Lipinski definition) is 2. The molecule has 4 nitrogen and oxygen atoms in total. The maximum atomic E-state index is 5.38. The fraction of sp³-hybridized carbons (Fsp3) is 0.562. The number of ether oxygens (including phenoxy) is 1. The molecular formula is C16H27N3O. The van der Waals surface area contributed by atoms with E-state index in [1.165, 1.54) is 11.1 Å². The Bertz CT molecular complexity index is 441. The Labute approximate surface area is 122 Å². The summed E-state index contributed by atoms with van der Waals surface area (Å²) in [6.45, 7) is 7.80. The average molecular weight is 277 g/mol. The molecule has 0 amide bonds. The van der Waals surface area contributed by atoms with Gasteiger partial charge < -0.3 is 15.4 Å². The highest BCUT2D eigenvalue weighted by Gasteiger charge is 2.16. The molecule has 0 fully saturated rings. The van der Waals surface area contributed by atoms with Gasteiger partial charge in [0.25, 0.3) is 0 Å². The number of methoxy groups -OCH3 is 1. The van der Waals surface area contributed by atoms with Crippen molar-refractivity contribution in [3.63, 3.8) is 0 Å². The van der Waals surface area contributed by atoms with E-state index in [4.69, 9.17) is 4.74 Å². The third-order valence-electron chi connectivity index (χ3n) is 3.41. The third kappa shape index (κ3) is 5.61. The number of guanidine groups is 1. The lowest BCUT2D eigenvalue weighted by Gasteiger charge is -2.24. The molecule has 0 saturated carbocycles. The summed E-state index contributed by atoms with van der Waals surface area (Å²) in [7, 11) is 3.50. The fourth-order valence-corrected chi connectivity index (χ4v) is 1.80. The highest BCUT2D eigenvalue weighted by Crippen LogP contribution is 2.07. The summed E-state index contributed by atoms with van der Waals surface area (Å²) in [5, 5.41) is 6.60. The summed E-state index contributed by atoms with van der Waals surface area (Å²) in [5.74, 6) is 0.809. The van der Waals surface area contributed by atoms with Gasteiger partial charge in [-0.05, 0) is 38.3 Å². The Morgan fingerprint density at radius 1 is 1.25 bits per heavy atom. The first-order valence-corrected chi connectivity index (χ1v) is 7.02. The molecule has 0 saturated heterocycles. The first kappa shape index (κ1) is 16.5. The molecule has 0 spiro atoms. The van der Waals surface area contributed by atoms with Crippen LogP contribution in [0.2, 0.25) is 0 Å². The molecule has 0 heterocycles. The second-order valence-electron chi connectivity index (χ2n) is 5.49. The van der Waals surface area contributed by atoms with E-state index in [0.717, 1.165) is 18.9 Å². The first-order chi connectivity index (χ1) is 9.48. The van der Waals surface area contributed by atoms with Gasteiger partial charge in [-0.15, -0.1) is 0 Å². The van der Waals surface area contributed by atoms with Crippen LogP contribution in [-0.2, 0) is 11.2 Å². The molecule has 0 aromatic heterocycles. The van der Waals surface area contributed by atoms with E-state index in [-0.39, 0.29) is 5.60 Å². The van der Waals surface area contributed by atoms with Crippen LogP contribution in [0.15, 0.2) is 29.3 Å². The molecule has 0 radical (unpaired) electrons. The number of nitrogens with zero attached hydrogens (tertiary/aromatic N) is 1. The van der Waals surface area contributed by atoms with Crippen LogP contribution in [0.5, 0.6) is 0 Å². The molecule has 112 valence electrons. The van der Waals surface area contributed by atoms with Gasteiger partial charge in [0.05, 0.1) is 5.60 Å². The van der Waals surface area contributed by atoms with E-state index in [2.05, 4.69) is 46.8 Å². The van der Waals surface area contributed by atoms with Crippen LogP contribution < -0.4 is 10.6 Å². The number of aliphatic imine (C=N–C) groups is 1. The lowest BCUT2D eigenvalue weighted by atomic mass is 10.1. The predicted molar refractivity (Wildman–Crippen MR) is 85.3 cm³/mol. The van der Waals surface area contributed by atoms with Gasteiger partial charge in [0.15, 0.2) is 5.96 Å². The van der Waals surface area contributed by atoms with Crippen LogP contribution in [0.1, 0.15) is 25.0 Å². The monoisotopic (exact) mass is 277 g/mol. The van der Waals surface area contributed by atoms with E-state index in [0.29, 0.717) is 6.54 Å². The van der Waals surface area contributed by atoms with Crippen molar-refractivity contribution < 1.29 is 4.74 Å². The van der Waals surface area contributed by atoms with Gasteiger partial charge >= 0.3 is 0 Å². The minimum atomic E-state index is -0.201. The van der Waals surface area contributed by atoms with Crippen LogP contribution in [0, 0.1) is 6.92 Å². The zero-order valence-electron chi connectivity index (χ0n) is 13.3. The number of nitrogens with one attached hydrogen (secondary N) is 2. The van der Waals surface area contributed by atoms with Crippen molar-refractivity contribution in [1.82, 2.24) is 10.6 Å². The molecule has 0 aliphatic carbocycles. The molecule has 1 aromatic rings. The highest BCUT2D eigenvalue weighted by atomic mass is 16.5. The highest BCUT2D eigenvalue weighted by molar-refractivity contribution is 5.79. The molecular weight excluding hydrogens is 250 g/mol. The average Bonchev–Trinajstić information content (AvgIpc) is 2.44. The SMILES string of the molecule is CN=C(NCCc1ccccc1C)NCC(C)(C)OC. The van der Waals surface area contributed by atoms with Gasteiger partial charge in [-0.25, -0.2) is 0 Å². The van der Waals surface area contributed by atoms with Gasteiger partial charge in [0.1, 0.15) is 0 Å². The Balaban J connectivity index is 2.38. The summed E-state index contributed by atoms with van der Waals surface area (Å²) < 4.78 is 5.38. The molecule has 1 aromatic carbocycles. The molecule has 0 atom stereocenters. The van der Waals surface area contributed by atoms with Crippen LogP contribution in [0.3, 0.4) is 0 Å². The second kappa shape index (κ2) is 7.90. The van der Waals surface area contributed by atoms with E-state index in [1.807, 2.05) is 13.8 Å². The molecule has 2 N–H and O–H groups in total. The van der Waals surface area contributed by atoms with Crippen LogP contribution in [0.25, 0.3) is 0 Å². The lowest BCUT2D eigenvalue weighted by molar-refractivity contribution is 0.0268. The first-order valence-electron chi connectivity index (χ1n) is 7.02. The second-order valence-corrected chi connectivity index (χ2v) is 5.49.